The van der Waals surface area contributed by atoms with Gasteiger partial charge in [-0.1, -0.05) is 12.2 Å². The van der Waals surface area contributed by atoms with Crippen molar-refractivity contribution in [2.45, 2.75) is 57.9 Å². The number of aromatic nitrogens is 2. The Bertz CT molecular complexity index is 687. The summed E-state index contributed by atoms with van der Waals surface area (Å²) in [6.45, 7) is 6.62. The van der Waals surface area contributed by atoms with E-state index in [0.29, 0.717) is 12.5 Å². The highest BCUT2D eigenvalue weighted by molar-refractivity contribution is 5.73. The van der Waals surface area contributed by atoms with E-state index in [1.807, 2.05) is 11.1 Å². The van der Waals surface area contributed by atoms with Gasteiger partial charge in [-0.3, -0.25) is 4.79 Å². The minimum atomic E-state index is 0.139. The van der Waals surface area contributed by atoms with Crippen LogP contribution < -0.4 is 0 Å². The number of nitrogens with zero attached hydrogens (tertiary/aromatic N) is 4. The van der Waals surface area contributed by atoms with Gasteiger partial charge in [-0.15, -0.1) is 0 Å². The molecule has 4 rings (SSSR count). The largest absolute Gasteiger partial charge is 0.338 e. The zero-order chi connectivity index (χ0) is 17.9. The van der Waals surface area contributed by atoms with Crippen LogP contribution in [0.2, 0.25) is 0 Å². The van der Waals surface area contributed by atoms with E-state index < -0.39 is 0 Å². The van der Waals surface area contributed by atoms with Gasteiger partial charge in [-0.2, -0.15) is 0 Å². The zero-order valence-electron chi connectivity index (χ0n) is 15.9. The van der Waals surface area contributed by atoms with Gasteiger partial charge in [0.05, 0.1) is 5.69 Å². The average Bonchev–Trinajstić information content (AvgIpc) is 2.68. The first kappa shape index (κ1) is 17.7. The summed E-state index contributed by atoms with van der Waals surface area (Å²) < 4.78 is 0. The fourth-order valence-corrected chi connectivity index (χ4v) is 4.62. The molecule has 5 nitrogen and oxygen atoms in total. The highest BCUT2D eigenvalue weighted by Crippen LogP contribution is 2.28. The summed E-state index contributed by atoms with van der Waals surface area (Å²) in [5.41, 5.74) is 2.28. The number of amides is 1. The third kappa shape index (κ3) is 3.98. The normalized spacial score (nSPS) is 26.6. The van der Waals surface area contributed by atoms with Crippen LogP contribution in [-0.2, 0) is 17.8 Å². The highest BCUT2D eigenvalue weighted by Gasteiger charge is 2.27. The van der Waals surface area contributed by atoms with Gasteiger partial charge < -0.3 is 9.80 Å². The van der Waals surface area contributed by atoms with Crippen molar-refractivity contribution in [3.63, 3.8) is 0 Å². The Balaban J connectivity index is 1.41. The summed E-state index contributed by atoms with van der Waals surface area (Å²) >= 11 is 0. The Morgan fingerprint density at radius 3 is 3.00 bits per heavy atom. The third-order valence-electron chi connectivity index (χ3n) is 6.16. The summed E-state index contributed by atoms with van der Waals surface area (Å²) in [6, 6.07) is 0. The second kappa shape index (κ2) is 7.87. The Labute approximate surface area is 156 Å². The standard InChI is InChI=1S/C21H30N4O/c1-16(26)25-11-9-20-19(15-25)12-22-21(23-20)18-8-5-10-24(14-18)13-17-6-3-2-4-7-17/h2-3,12,17-18H,4-11,13-15H2,1H3/t17-,18-/m1/s1. The van der Waals surface area contributed by atoms with Crippen molar-refractivity contribution < 1.29 is 4.79 Å². The van der Waals surface area contributed by atoms with Crippen LogP contribution in [0.15, 0.2) is 18.3 Å². The molecule has 140 valence electrons. The van der Waals surface area contributed by atoms with Crippen molar-refractivity contribution in [3.05, 3.63) is 35.4 Å². The number of carbonyl (C=O) groups excluding carboxylic acids is 1. The predicted molar refractivity (Wildman–Crippen MR) is 102 cm³/mol. The van der Waals surface area contributed by atoms with E-state index in [2.05, 4.69) is 17.1 Å². The van der Waals surface area contributed by atoms with Crippen LogP contribution in [0, 0.1) is 5.92 Å². The Hall–Kier alpha value is -1.75. The molecule has 0 saturated carbocycles. The number of hydrogen-bond acceptors (Lipinski definition) is 4. The van der Waals surface area contributed by atoms with Gasteiger partial charge in [0.15, 0.2) is 0 Å². The predicted octanol–water partition coefficient (Wildman–Crippen LogP) is 2.92. The first-order valence-corrected chi connectivity index (χ1v) is 10.2. The topological polar surface area (TPSA) is 49.3 Å². The Morgan fingerprint density at radius 1 is 1.27 bits per heavy atom. The first-order chi connectivity index (χ1) is 12.7. The van der Waals surface area contributed by atoms with Crippen molar-refractivity contribution in [1.82, 2.24) is 19.8 Å². The second-order valence-electron chi connectivity index (χ2n) is 8.14. The van der Waals surface area contributed by atoms with Crippen LogP contribution in [0.3, 0.4) is 0 Å². The molecular formula is C21H30N4O. The minimum absolute atomic E-state index is 0.139. The molecule has 2 aliphatic heterocycles. The Kier molecular flexibility index (Phi) is 5.34. The molecule has 0 bridgehead atoms. The van der Waals surface area contributed by atoms with Gasteiger partial charge in [0.2, 0.25) is 5.91 Å². The minimum Gasteiger partial charge on any atom is -0.338 e. The zero-order valence-corrected chi connectivity index (χ0v) is 15.9. The molecule has 3 aliphatic rings. The lowest BCUT2D eigenvalue weighted by Gasteiger charge is -2.35. The molecule has 3 heterocycles. The highest BCUT2D eigenvalue weighted by atomic mass is 16.2. The van der Waals surface area contributed by atoms with Crippen LogP contribution in [0.1, 0.15) is 62.0 Å². The molecule has 0 aromatic carbocycles. The van der Waals surface area contributed by atoms with Crippen LogP contribution in [-0.4, -0.2) is 51.9 Å². The Morgan fingerprint density at radius 2 is 2.19 bits per heavy atom. The summed E-state index contributed by atoms with van der Waals surface area (Å²) in [5.74, 6) is 2.44. The maximum Gasteiger partial charge on any atom is 0.219 e. The first-order valence-electron chi connectivity index (χ1n) is 10.2. The van der Waals surface area contributed by atoms with Gasteiger partial charge in [0, 0.05) is 57.2 Å². The molecule has 26 heavy (non-hydrogen) atoms. The van der Waals surface area contributed by atoms with E-state index in [1.165, 1.54) is 45.2 Å². The van der Waals surface area contributed by atoms with Crippen LogP contribution in [0.25, 0.3) is 0 Å². The molecule has 2 atom stereocenters. The molecule has 0 radical (unpaired) electrons. The van der Waals surface area contributed by atoms with E-state index in [1.54, 1.807) is 6.92 Å². The molecule has 0 spiro atoms. The van der Waals surface area contributed by atoms with Gasteiger partial charge in [-0.25, -0.2) is 9.97 Å². The second-order valence-corrected chi connectivity index (χ2v) is 8.14. The molecule has 1 saturated heterocycles. The quantitative estimate of drug-likeness (QED) is 0.783. The summed E-state index contributed by atoms with van der Waals surface area (Å²) in [6.07, 6.45) is 13.8. The van der Waals surface area contributed by atoms with Gasteiger partial charge in [0.1, 0.15) is 5.82 Å². The molecule has 1 aromatic heterocycles. The molecule has 1 aliphatic carbocycles. The third-order valence-corrected chi connectivity index (χ3v) is 6.16. The van der Waals surface area contributed by atoms with E-state index in [0.717, 1.165) is 42.5 Å². The molecule has 0 unspecified atom stereocenters. The number of likely N-dealkylation sites (tertiary alicyclic amines) is 1. The van der Waals surface area contributed by atoms with Crippen molar-refractivity contribution in [3.8, 4) is 0 Å². The molecule has 1 fully saturated rings. The van der Waals surface area contributed by atoms with Crippen LogP contribution >= 0.6 is 0 Å². The summed E-state index contributed by atoms with van der Waals surface area (Å²) in [4.78, 5) is 25.7. The molecule has 0 N–H and O–H groups in total. The summed E-state index contributed by atoms with van der Waals surface area (Å²) in [5, 5.41) is 0. The smallest absolute Gasteiger partial charge is 0.219 e. The average molecular weight is 354 g/mol. The SMILES string of the molecule is CC(=O)N1CCc2nc([C@@H]3CCCN(C[C@@H]4CC=CCC4)C3)ncc2C1. The van der Waals surface area contributed by atoms with Crippen molar-refractivity contribution >= 4 is 5.91 Å². The number of allylic oxidation sites excluding steroid dienone is 2. The molecule has 1 aromatic rings. The number of carbonyl (C=O) groups is 1. The van der Waals surface area contributed by atoms with Crippen molar-refractivity contribution in [1.29, 1.82) is 0 Å². The van der Waals surface area contributed by atoms with E-state index in [-0.39, 0.29) is 5.91 Å². The monoisotopic (exact) mass is 354 g/mol. The van der Waals surface area contributed by atoms with Crippen LogP contribution in [0.5, 0.6) is 0 Å². The van der Waals surface area contributed by atoms with Crippen molar-refractivity contribution in [2.75, 3.05) is 26.2 Å². The van der Waals surface area contributed by atoms with Gasteiger partial charge in [0.25, 0.3) is 0 Å². The number of hydrogen-bond donors (Lipinski definition) is 0. The number of rotatable bonds is 3. The molecule has 1 amide bonds. The van der Waals surface area contributed by atoms with Gasteiger partial charge in [-0.05, 0) is 44.6 Å². The molecule has 5 heteroatoms. The van der Waals surface area contributed by atoms with Crippen LogP contribution in [0.4, 0.5) is 0 Å². The van der Waals surface area contributed by atoms with E-state index in [4.69, 9.17) is 9.97 Å². The van der Waals surface area contributed by atoms with Gasteiger partial charge >= 0.3 is 0 Å². The van der Waals surface area contributed by atoms with E-state index in [9.17, 15) is 4.79 Å². The number of fused-ring (bicyclic) bond motifs is 1. The number of piperidine rings is 1. The maximum atomic E-state index is 11.6. The lowest BCUT2D eigenvalue weighted by molar-refractivity contribution is -0.129. The lowest BCUT2D eigenvalue weighted by atomic mass is 9.91. The fourth-order valence-electron chi connectivity index (χ4n) is 4.62. The van der Waals surface area contributed by atoms with Crippen molar-refractivity contribution in [2.24, 2.45) is 5.92 Å². The fraction of sp³-hybridized carbons (Fsp3) is 0.667. The van der Waals surface area contributed by atoms with E-state index >= 15 is 0 Å². The summed E-state index contributed by atoms with van der Waals surface area (Å²) in [7, 11) is 0. The lowest BCUT2D eigenvalue weighted by Crippen LogP contribution is -2.39. The molecular weight excluding hydrogens is 324 g/mol. The maximum absolute atomic E-state index is 11.6.